The quantitative estimate of drug-likeness (QED) is 0.606. The molecule has 0 bridgehead atoms. The monoisotopic (exact) mass is 240 g/mol. The molecule has 0 aliphatic heterocycles. The van der Waals surface area contributed by atoms with Crippen molar-refractivity contribution in [2.24, 2.45) is 0 Å². The van der Waals surface area contributed by atoms with Crippen molar-refractivity contribution in [3.05, 3.63) is 66.0 Å². The van der Waals surface area contributed by atoms with Crippen molar-refractivity contribution in [2.45, 2.75) is 13.5 Å². The second-order valence-electron chi connectivity index (χ2n) is 4.10. The average molecular weight is 240 g/mol. The molecule has 0 unspecified atom stereocenters. The van der Waals surface area contributed by atoms with Gasteiger partial charge in [0.1, 0.15) is 0 Å². The Labute approximate surface area is 106 Å². The van der Waals surface area contributed by atoms with Gasteiger partial charge in [0.05, 0.1) is 0 Å². The number of ketones is 2. The highest BCUT2D eigenvalue weighted by Gasteiger charge is 2.11. The Balaban J connectivity index is 2.10. The normalized spacial score (nSPS) is 10.1. The van der Waals surface area contributed by atoms with Crippen molar-refractivity contribution in [3.8, 4) is 0 Å². The van der Waals surface area contributed by atoms with E-state index in [4.69, 9.17) is 0 Å². The van der Waals surface area contributed by atoms with E-state index in [9.17, 15) is 9.59 Å². The lowest BCUT2D eigenvalue weighted by Crippen LogP contribution is -2.37. The summed E-state index contributed by atoms with van der Waals surface area (Å²) in [4.78, 5) is 23.1. The molecule has 1 aromatic heterocycles. The number of rotatable bonds is 4. The van der Waals surface area contributed by atoms with Gasteiger partial charge in [0, 0.05) is 23.3 Å². The predicted octanol–water partition coefficient (Wildman–Crippen LogP) is 2.06. The number of benzene rings is 1. The zero-order valence-electron chi connectivity index (χ0n) is 10.2. The molecule has 3 heteroatoms. The second-order valence-corrected chi connectivity index (χ2v) is 4.10. The van der Waals surface area contributed by atoms with Crippen LogP contribution in [0.25, 0.3) is 0 Å². The van der Waals surface area contributed by atoms with Gasteiger partial charge in [-0.1, -0.05) is 30.3 Å². The third-order valence-corrected chi connectivity index (χ3v) is 2.72. The molecular formula is C15H14NO2+. The molecule has 0 spiro atoms. The van der Waals surface area contributed by atoms with Crippen LogP contribution < -0.4 is 4.57 Å². The zero-order valence-corrected chi connectivity index (χ0v) is 10.2. The first-order valence-corrected chi connectivity index (χ1v) is 5.75. The molecular weight excluding hydrogens is 226 g/mol. The molecule has 0 aliphatic rings. The van der Waals surface area contributed by atoms with Crippen molar-refractivity contribution in [3.63, 3.8) is 0 Å². The Morgan fingerprint density at radius 3 is 2.11 bits per heavy atom. The predicted molar refractivity (Wildman–Crippen MR) is 67.4 cm³/mol. The van der Waals surface area contributed by atoms with Crippen LogP contribution in [0.2, 0.25) is 0 Å². The van der Waals surface area contributed by atoms with Crippen LogP contribution in [0, 0.1) is 0 Å². The number of carbonyl (C=O) groups excluding carboxylic acids is 2. The number of nitrogens with zero attached hydrogens (tertiary/aromatic N) is 1. The summed E-state index contributed by atoms with van der Waals surface area (Å²) < 4.78 is 1.77. The smallest absolute Gasteiger partial charge is 0.227 e. The molecule has 0 saturated heterocycles. The van der Waals surface area contributed by atoms with Crippen LogP contribution in [0.5, 0.6) is 0 Å². The zero-order chi connectivity index (χ0) is 13.0. The van der Waals surface area contributed by atoms with E-state index in [1.807, 2.05) is 18.2 Å². The average Bonchev–Trinajstić information content (AvgIpc) is 2.40. The molecule has 90 valence electrons. The molecule has 18 heavy (non-hydrogen) atoms. The van der Waals surface area contributed by atoms with Crippen molar-refractivity contribution >= 4 is 11.6 Å². The fourth-order valence-corrected chi connectivity index (χ4v) is 1.68. The van der Waals surface area contributed by atoms with Crippen LogP contribution in [0.15, 0.2) is 54.9 Å². The van der Waals surface area contributed by atoms with Gasteiger partial charge in [-0.05, 0) is 6.92 Å². The maximum absolute atomic E-state index is 11.9. The lowest BCUT2D eigenvalue weighted by Gasteiger charge is -1.98. The largest absolute Gasteiger partial charge is 0.295 e. The summed E-state index contributed by atoms with van der Waals surface area (Å²) in [6, 6.07) is 12.6. The molecule has 0 saturated carbocycles. The first-order chi connectivity index (χ1) is 8.66. The Morgan fingerprint density at radius 1 is 0.944 bits per heavy atom. The summed E-state index contributed by atoms with van der Waals surface area (Å²) in [5, 5.41) is 0. The Bertz CT molecular complexity index is 559. The minimum atomic E-state index is 0.0246. The summed E-state index contributed by atoms with van der Waals surface area (Å²) in [7, 11) is 0. The van der Waals surface area contributed by atoms with Gasteiger partial charge >= 0.3 is 0 Å². The molecule has 0 aliphatic carbocycles. The van der Waals surface area contributed by atoms with Crippen molar-refractivity contribution in [1.82, 2.24) is 0 Å². The molecule has 0 fully saturated rings. The standard InChI is InChI=1S/C15H14NO2/c1-12(17)13-7-9-16(10-8-13)11-15(18)14-5-3-2-4-6-14/h2-10H,11H2,1H3/q+1. The summed E-state index contributed by atoms with van der Waals surface area (Å²) in [6.45, 7) is 1.80. The molecule has 0 atom stereocenters. The first-order valence-electron chi connectivity index (χ1n) is 5.75. The fraction of sp³-hybridized carbons (Fsp3) is 0.133. The number of Topliss-reactive ketones (excluding diaryl/α,β-unsaturated/α-hetero) is 2. The van der Waals surface area contributed by atoms with Crippen LogP contribution in [-0.2, 0) is 6.54 Å². The maximum Gasteiger partial charge on any atom is 0.227 e. The Hall–Kier alpha value is -2.29. The van der Waals surface area contributed by atoms with Crippen molar-refractivity contribution in [2.75, 3.05) is 0 Å². The van der Waals surface area contributed by atoms with E-state index in [-0.39, 0.29) is 18.1 Å². The number of pyridine rings is 1. The third kappa shape index (κ3) is 2.88. The van der Waals surface area contributed by atoms with E-state index in [0.29, 0.717) is 11.1 Å². The van der Waals surface area contributed by atoms with E-state index < -0.39 is 0 Å². The maximum atomic E-state index is 11.9. The van der Waals surface area contributed by atoms with Crippen LogP contribution >= 0.6 is 0 Å². The van der Waals surface area contributed by atoms with Gasteiger partial charge in [-0.15, -0.1) is 0 Å². The summed E-state index contributed by atoms with van der Waals surface area (Å²) in [6.07, 6.45) is 3.50. The van der Waals surface area contributed by atoms with E-state index >= 15 is 0 Å². The van der Waals surface area contributed by atoms with Gasteiger partial charge in [-0.3, -0.25) is 9.59 Å². The van der Waals surface area contributed by atoms with Gasteiger partial charge in [-0.2, -0.15) is 4.57 Å². The van der Waals surface area contributed by atoms with Crippen LogP contribution in [0.4, 0.5) is 0 Å². The molecule has 0 radical (unpaired) electrons. The highest BCUT2D eigenvalue weighted by molar-refractivity contribution is 5.95. The third-order valence-electron chi connectivity index (χ3n) is 2.72. The fourth-order valence-electron chi connectivity index (χ4n) is 1.68. The van der Waals surface area contributed by atoms with E-state index in [0.717, 1.165) is 0 Å². The number of hydrogen-bond acceptors (Lipinski definition) is 2. The van der Waals surface area contributed by atoms with Gasteiger partial charge in [0.25, 0.3) is 0 Å². The Morgan fingerprint density at radius 2 is 1.56 bits per heavy atom. The number of aromatic nitrogens is 1. The molecule has 0 amide bonds. The summed E-state index contributed by atoms with van der Waals surface area (Å²) >= 11 is 0. The number of carbonyl (C=O) groups is 2. The topological polar surface area (TPSA) is 38.0 Å². The van der Waals surface area contributed by atoms with E-state index in [1.54, 1.807) is 41.2 Å². The molecule has 2 aromatic rings. The van der Waals surface area contributed by atoms with Crippen molar-refractivity contribution in [1.29, 1.82) is 0 Å². The highest BCUT2D eigenvalue weighted by Crippen LogP contribution is 2.00. The van der Waals surface area contributed by atoms with Gasteiger partial charge in [0.15, 0.2) is 18.2 Å². The van der Waals surface area contributed by atoms with E-state index in [1.165, 1.54) is 6.92 Å². The molecule has 3 nitrogen and oxygen atoms in total. The SMILES string of the molecule is CC(=O)c1cc[n+](CC(=O)c2ccccc2)cc1. The Kier molecular flexibility index (Phi) is 3.63. The summed E-state index contributed by atoms with van der Waals surface area (Å²) in [5.74, 6) is 0.0766. The second kappa shape index (κ2) is 5.36. The minimum absolute atomic E-state index is 0.0246. The van der Waals surface area contributed by atoms with Gasteiger partial charge < -0.3 is 0 Å². The lowest BCUT2D eigenvalue weighted by molar-refractivity contribution is -0.683. The summed E-state index contributed by atoms with van der Waals surface area (Å²) in [5.41, 5.74) is 1.35. The highest BCUT2D eigenvalue weighted by atomic mass is 16.1. The molecule has 2 rings (SSSR count). The van der Waals surface area contributed by atoms with Crippen LogP contribution in [0.1, 0.15) is 27.6 Å². The van der Waals surface area contributed by atoms with Gasteiger partial charge in [0.2, 0.25) is 12.3 Å². The molecule has 1 aromatic carbocycles. The van der Waals surface area contributed by atoms with Gasteiger partial charge in [-0.25, -0.2) is 0 Å². The molecule has 0 N–H and O–H groups in total. The van der Waals surface area contributed by atoms with E-state index in [2.05, 4.69) is 0 Å². The van der Waals surface area contributed by atoms with Crippen LogP contribution in [-0.4, -0.2) is 11.6 Å². The molecule has 1 heterocycles. The van der Waals surface area contributed by atoms with Crippen LogP contribution in [0.3, 0.4) is 0 Å². The lowest BCUT2D eigenvalue weighted by atomic mass is 10.1. The minimum Gasteiger partial charge on any atom is -0.295 e. The number of hydrogen-bond donors (Lipinski definition) is 0. The first kappa shape index (κ1) is 12.2. The van der Waals surface area contributed by atoms with Crippen molar-refractivity contribution < 1.29 is 14.2 Å².